The maximum absolute atomic E-state index is 11.4. The van der Waals surface area contributed by atoms with Crippen LogP contribution in [0.4, 0.5) is 0 Å². The minimum atomic E-state index is -0.421. The van der Waals surface area contributed by atoms with Gasteiger partial charge in [-0.15, -0.1) is 0 Å². The van der Waals surface area contributed by atoms with Crippen LogP contribution in [-0.4, -0.2) is 12.3 Å². The molecule has 3 N–H and O–H groups in total. The number of nitrogens with one attached hydrogen (secondary N) is 1. The Labute approximate surface area is 107 Å². The van der Waals surface area contributed by atoms with Gasteiger partial charge < -0.3 is 14.9 Å². The number of methoxy groups -OCH3 is 1. The molecule has 0 aliphatic rings. The van der Waals surface area contributed by atoms with E-state index in [2.05, 4.69) is 0 Å². The van der Waals surface area contributed by atoms with Gasteiger partial charge in [0.15, 0.2) is 5.17 Å². The van der Waals surface area contributed by atoms with E-state index in [9.17, 15) is 4.79 Å². The zero-order valence-electron chi connectivity index (χ0n) is 9.73. The van der Waals surface area contributed by atoms with Crippen molar-refractivity contribution in [2.45, 2.75) is 5.75 Å². The Hall–Kier alpha value is -1.95. The average molecular weight is 264 g/mol. The van der Waals surface area contributed by atoms with Gasteiger partial charge >= 0.3 is 5.63 Å². The smallest absolute Gasteiger partial charge is 0.336 e. The van der Waals surface area contributed by atoms with Crippen molar-refractivity contribution in [3.63, 3.8) is 0 Å². The van der Waals surface area contributed by atoms with E-state index in [0.717, 1.165) is 10.9 Å². The molecule has 1 aromatic heterocycles. The number of rotatable bonds is 3. The number of thioether (sulfide) groups is 1. The molecule has 1 aromatic carbocycles. The van der Waals surface area contributed by atoms with Crippen LogP contribution >= 0.6 is 11.8 Å². The van der Waals surface area contributed by atoms with Gasteiger partial charge in [-0.25, -0.2) is 4.79 Å². The monoisotopic (exact) mass is 264 g/mol. The number of amidine groups is 1. The summed E-state index contributed by atoms with van der Waals surface area (Å²) < 4.78 is 10.2. The highest BCUT2D eigenvalue weighted by atomic mass is 32.2. The zero-order valence-corrected chi connectivity index (χ0v) is 10.5. The second kappa shape index (κ2) is 5.14. The fourth-order valence-electron chi connectivity index (χ4n) is 1.61. The van der Waals surface area contributed by atoms with Gasteiger partial charge in [0.1, 0.15) is 11.3 Å². The predicted octanol–water partition coefficient (Wildman–Crippen LogP) is 1.93. The average Bonchev–Trinajstić information content (AvgIpc) is 2.34. The van der Waals surface area contributed by atoms with Crippen molar-refractivity contribution in [3.05, 3.63) is 40.2 Å². The second-order valence-electron chi connectivity index (χ2n) is 3.61. The Morgan fingerprint density at radius 3 is 2.94 bits per heavy atom. The lowest BCUT2D eigenvalue weighted by Crippen LogP contribution is -2.05. The van der Waals surface area contributed by atoms with Crippen molar-refractivity contribution in [3.8, 4) is 5.75 Å². The number of ether oxygens (including phenoxy) is 1. The van der Waals surface area contributed by atoms with Crippen molar-refractivity contribution in [1.29, 1.82) is 5.41 Å². The summed E-state index contributed by atoms with van der Waals surface area (Å²) in [6.45, 7) is 0. The molecule has 0 saturated carbocycles. The maximum Gasteiger partial charge on any atom is 0.336 e. The molecular weight excluding hydrogens is 252 g/mol. The Kier molecular flexibility index (Phi) is 3.57. The molecule has 0 radical (unpaired) electrons. The van der Waals surface area contributed by atoms with Crippen LogP contribution in [0.1, 0.15) is 5.56 Å². The highest BCUT2D eigenvalue weighted by Crippen LogP contribution is 2.24. The molecule has 2 rings (SSSR count). The van der Waals surface area contributed by atoms with E-state index in [1.807, 2.05) is 6.07 Å². The largest absolute Gasteiger partial charge is 0.497 e. The molecule has 0 saturated heterocycles. The van der Waals surface area contributed by atoms with Gasteiger partial charge in [0.05, 0.1) is 7.11 Å². The SMILES string of the molecule is COc1ccc2c(CSC(=N)N)cc(=O)oc2c1. The van der Waals surface area contributed by atoms with Crippen molar-refractivity contribution >= 4 is 27.9 Å². The second-order valence-corrected chi connectivity index (χ2v) is 4.62. The molecule has 0 unspecified atom stereocenters. The van der Waals surface area contributed by atoms with E-state index < -0.39 is 5.63 Å². The van der Waals surface area contributed by atoms with E-state index in [-0.39, 0.29) is 5.17 Å². The third-order valence-electron chi connectivity index (χ3n) is 2.42. The number of hydrogen-bond donors (Lipinski definition) is 2. The summed E-state index contributed by atoms with van der Waals surface area (Å²) in [6, 6.07) is 6.71. The van der Waals surface area contributed by atoms with Gasteiger partial charge in [0.25, 0.3) is 0 Å². The third kappa shape index (κ3) is 2.65. The van der Waals surface area contributed by atoms with Crippen LogP contribution in [0.25, 0.3) is 11.0 Å². The molecule has 2 aromatic rings. The first-order chi connectivity index (χ1) is 8.60. The van der Waals surface area contributed by atoms with Crippen molar-refractivity contribution < 1.29 is 9.15 Å². The summed E-state index contributed by atoms with van der Waals surface area (Å²) in [5, 5.41) is 8.03. The van der Waals surface area contributed by atoms with Crippen LogP contribution < -0.4 is 16.1 Å². The summed E-state index contributed by atoms with van der Waals surface area (Å²) in [6.07, 6.45) is 0. The molecule has 0 atom stereocenters. The summed E-state index contributed by atoms with van der Waals surface area (Å²) in [5.74, 6) is 1.09. The number of hydrogen-bond acceptors (Lipinski definition) is 5. The van der Waals surface area contributed by atoms with Gasteiger partial charge in [-0.1, -0.05) is 11.8 Å². The van der Waals surface area contributed by atoms with Gasteiger partial charge in [-0.3, -0.25) is 5.41 Å². The first kappa shape index (κ1) is 12.5. The van der Waals surface area contributed by atoms with Gasteiger partial charge in [0.2, 0.25) is 0 Å². The van der Waals surface area contributed by atoms with Crippen molar-refractivity contribution in [2.24, 2.45) is 5.73 Å². The highest BCUT2D eigenvalue weighted by molar-refractivity contribution is 8.13. The van der Waals surface area contributed by atoms with E-state index in [4.69, 9.17) is 20.3 Å². The molecule has 6 heteroatoms. The van der Waals surface area contributed by atoms with Crippen LogP contribution in [-0.2, 0) is 5.75 Å². The van der Waals surface area contributed by atoms with E-state index >= 15 is 0 Å². The first-order valence-corrected chi connectivity index (χ1v) is 6.16. The Morgan fingerprint density at radius 1 is 1.50 bits per heavy atom. The number of nitrogens with two attached hydrogens (primary N) is 1. The summed E-state index contributed by atoms with van der Waals surface area (Å²) in [5.41, 5.74) is 6.14. The molecule has 0 aliphatic heterocycles. The van der Waals surface area contributed by atoms with Crippen molar-refractivity contribution in [2.75, 3.05) is 7.11 Å². The van der Waals surface area contributed by atoms with Gasteiger partial charge in [0, 0.05) is 23.3 Å². The van der Waals surface area contributed by atoms with Crippen LogP contribution in [0, 0.1) is 5.41 Å². The summed E-state index contributed by atoms with van der Waals surface area (Å²) >= 11 is 1.17. The lowest BCUT2D eigenvalue weighted by atomic mass is 10.1. The standard InChI is InChI=1S/C12H12N2O3S/c1-16-8-2-3-9-7(6-18-12(13)14)4-11(15)17-10(9)5-8/h2-5H,6H2,1H3,(H3,13,14). The molecule has 0 fully saturated rings. The molecule has 18 heavy (non-hydrogen) atoms. The highest BCUT2D eigenvalue weighted by Gasteiger charge is 2.07. The topological polar surface area (TPSA) is 89.3 Å². The van der Waals surface area contributed by atoms with Crippen LogP contribution in [0.15, 0.2) is 33.5 Å². The minimum Gasteiger partial charge on any atom is -0.497 e. The van der Waals surface area contributed by atoms with Crippen molar-refractivity contribution in [1.82, 2.24) is 0 Å². The third-order valence-corrected chi connectivity index (χ3v) is 3.19. The lowest BCUT2D eigenvalue weighted by Gasteiger charge is -2.06. The molecule has 1 heterocycles. The zero-order chi connectivity index (χ0) is 13.1. The Balaban J connectivity index is 2.51. The molecular formula is C12H12N2O3S. The molecule has 0 aliphatic carbocycles. The van der Waals surface area contributed by atoms with Crippen LogP contribution in [0.5, 0.6) is 5.75 Å². The van der Waals surface area contributed by atoms with Crippen LogP contribution in [0.3, 0.4) is 0 Å². The lowest BCUT2D eigenvalue weighted by molar-refractivity contribution is 0.414. The van der Waals surface area contributed by atoms with Crippen LogP contribution in [0.2, 0.25) is 0 Å². The summed E-state index contributed by atoms with van der Waals surface area (Å²) in [7, 11) is 1.55. The van der Waals surface area contributed by atoms with Gasteiger partial charge in [-0.05, 0) is 17.7 Å². The predicted molar refractivity (Wildman–Crippen MR) is 72.2 cm³/mol. The van der Waals surface area contributed by atoms with E-state index in [1.165, 1.54) is 17.8 Å². The van der Waals surface area contributed by atoms with E-state index in [1.54, 1.807) is 19.2 Å². The summed E-state index contributed by atoms with van der Waals surface area (Å²) in [4.78, 5) is 11.4. The molecule has 0 bridgehead atoms. The van der Waals surface area contributed by atoms with Gasteiger partial charge in [-0.2, -0.15) is 0 Å². The van der Waals surface area contributed by atoms with E-state index in [0.29, 0.717) is 17.1 Å². The molecule has 5 nitrogen and oxygen atoms in total. The molecule has 94 valence electrons. The number of benzene rings is 1. The fourth-order valence-corrected chi connectivity index (χ4v) is 2.16. The molecule has 0 spiro atoms. The minimum absolute atomic E-state index is 0.0184. The Morgan fingerprint density at radius 2 is 2.28 bits per heavy atom. The quantitative estimate of drug-likeness (QED) is 0.502. The first-order valence-electron chi connectivity index (χ1n) is 5.18. The normalized spacial score (nSPS) is 10.5. The fraction of sp³-hybridized carbons (Fsp3) is 0.167. The Bertz CT molecular complexity index is 651. The maximum atomic E-state index is 11.4. The molecule has 0 amide bonds. The number of fused-ring (bicyclic) bond motifs is 1.